The highest BCUT2D eigenvalue weighted by molar-refractivity contribution is 5.79. The van der Waals surface area contributed by atoms with Gasteiger partial charge in [0.1, 0.15) is 23.1 Å². The number of unbranched alkanes of at least 4 members (excludes halogenated alkanes) is 1. The molecular formula is C24H24N2O3. The molecule has 0 unspecified atom stereocenters. The summed E-state index contributed by atoms with van der Waals surface area (Å²) in [4.78, 5) is 4.77. The first-order valence-corrected chi connectivity index (χ1v) is 9.77. The zero-order chi connectivity index (χ0) is 19.9. The lowest BCUT2D eigenvalue weighted by Gasteiger charge is -2.09. The summed E-state index contributed by atoms with van der Waals surface area (Å²) in [5.74, 6) is 3.38. The van der Waals surface area contributed by atoms with Gasteiger partial charge in [0.25, 0.3) is 0 Å². The minimum atomic E-state index is 0.664. The molecule has 0 aliphatic rings. The molecule has 5 heteroatoms. The third-order valence-electron chi connectivity index (χ3n) is 4.71. The number of benzene rings is 2. The van der Waals surface area contributed by atoms with Gasteiger partial charge in [-0.15, -0.1) is 0 Å². The molecule has 0 aliphatic heterocycles. The van der Waals surface area contributed by atoms with E-state index in [4.69, 9.17) is 18.9 Å². The zero-order valence-electron chi connectivity index (χ0n) is 16.5. The summed E-state index contributed by atoms with van der Waals surface area (Å²) in [6.45, 7) is 1.54. The van der Waals surface area contributed by atoms with Gasteiger partial charge in [0.15, 0.2) is 0 Å². The molecule has 4 rings (SSSR count). The van der Waals surface area contributed by atoms with E-state index >= 15 is 0 Å². The van der Waals surface area contributed by atoms with Crippen molar-refractivity contribution < 1.29 is 13.9 Å². The van der Waals surface area contributed by atoms with Crippen LogP contribution >= 0.6 is 0 Å². The number of hydrogen-bond donors (Lipinski definition) is 0. The molecule has 0 saturated carbocycles. The molecule has 2 aromatic carbocycles. The van der Waals surface area contributed by atoms with Crippen LogP contribution in [0, 0.1) is 0 Å². The molecule has 2 aromatic heterocycles. The van der Waals surface area contributed by atoms with Crippen LogP contribution in [0.4, 0.5) is 0 Å². The highest BCUT2D eigenvalue weighted by Crippen LogP contribution is 2.21. The molecule has 0 N–H and O–H groups in total. The predicted molar refractivity (Wildman–Crippen MR) is 115 cm³/mol. The van der Waals surface area contributed by atoms with Crippen LogP contribution in [0.1, 0.15) is 24.4 Å². The second kappa shape index (κ2) is 9.15. The number of para-hydroxylation sites is 2. The third kappa shape index (κ3) is 4.69. The summed E-state index contributed by atoms with van der Waals surface area (Å²) in [7, 11) is 1.66. The first-order valence-electron chi connectivity index (χ1n) is 9.77. The first kappa shape index (κ1) is 18.9. The highest BCUT2D eigenvalue weighted by Gasteiger charge is 2.08. The number of nitrogens with zero attached hydrogens (tertiary/aromatic N) is 2. The maximum Gasteiger partial charge on any atom is 0.133 e. The smallest absolute Gasteiger partial charge is 0.133 e. The van der Waals surface area contributed by atoms with Crippen LogP contribution in [0.3, 0.4) is 0 Å². The van der Waals surface area contributed by atoms with Gasteiger partial charge in [-0.3, -0.25) is 0 Å². The molecule has 5 nitrogen and oxygen atoms in total. The van der Waals surface area contributed by atoms with Crippen molar-refractivity contribution in [3.8, 4) is 11.5 Å². The van der Waals surface area contributed by atoms with E-state index in [1.807, 2.05) is 66.7 Å². The lowest BCUT2D eigenvalue weighted by atomic mass is 10.3. The summed E-state index contributed by atoms with van der Waals surface area (Å²) in [6.07, 6.45) is 7.57. The molecular weight excluding hydrogens is 364 g/mol. The maximum atomic E-state index is 5.85. The topological polar surface area (TPSA) is 49.4 Å². The fraction of sp³-hybridized carbons (Fsp3) is 0.208. The Hall–Kier alpha value is -3.47. The number of aryl methyl sites for hydroxylation is 1. The predicted octanol–water partition coefficient (Wildman–Crippen LogP) is 5.67. The van der Waals surface area contributed by atoms with Crippen molar-refractivity contribution in [2.24, 2.45) is 0 Å². The van der Waals surface area contributed by atoms with Gasteiger partial charge >= 0.3 is 0 Å². The minimum Gasteiger partial charge on any atom is -0.497 e. The van der Waals surface area contributed by atoms with E-state index in [-0.39, 0.29) is 0 Å². The SMILES string of the molecule is COc1cccc(OCCCCn2c(/C=C/c3ccco3)nc3ccccc32)c1. The minimum absolute atomic E-state index is 0.664. The Bertz CT molecular complexity index is 1080. The molecule has 4 aromatic rings. The second-order valence-corrected chi connectivity index (χ2v) is 6.69. The van der Waals surface area contributed by atoms with Gasteiger partial charge in [-0.1, -0.05) is 18.2 Å². The van der Waals surface area contributed by atoms with Gasteiger partial charge < -0.3 is 18.5 Å². The van der Waals surface area contributed by atoms with Gasteiger partial charge in [0, 0.05) is 12.6 Å². The van der Waals surface area contributed by atoms with E-state index < -0.39 is 0 Å². The Morgan fingerprint density at radius 1 is 0.966 bits per heavy atom. The Labute approximate surface area is 170 Å². The number of ether oxygens (including phenoxy) is 2. The Morgan fingerprint density at radius 3 is 2.72 bits per heavy atom. The van der Waals surface area contributed by atoms with E-state index in [9.17, 15) is 0 Å². The molecule has 0 amide bonds. The molecule has 148 valence electrons. The average Bonchev–Trinajstić information content (AvgIpc) is 3.40. The van der Waals surface area contributed by atoms with Gasteiger partial charge in [-0.25, -0.2) is 4.98 Å². The van der Waals surface area contributed by atoms with Crippen molar-refractivity contribution in [2.75, 3.05) is 13.7 Å². The monoisotopic (exact) mass is 388 g/mol. The van der Waals surface area contributed by atoms with E-state index in [1.165, 1.54) is 0 Å². The second-order valence-electron chi connectivity index (χ2n) is 6.69. The summed E-state index contributed by atoms with van der Waals surface area (Å²) >= 11 is 0. The summed E-state index contributed by atoms with van der Waals surface area (Å²) in [5, 5.41) is 0. The van der Waals surface area contributed by atoms with Gasteiger partial charge in [0.2, 0.25) is 0 Å². The average molecular weight is 388 g/mol. The molecule has 2 heterocycles. The number of fused-ring (bicyclic) bond motifs is 1. The fourth-order valence-corrected chi connectivity index (χ4v) is 3.25. The fourth-order valence-electron chi connectivity index (χ4n) is 3.25. The molecule has 0 atom stereocenters. The molecule has 0 spiro atoms. The number of methoxy groups -OCH3 is 1. The van der Waals surface area contributed by atoms with Crippen molar-refractivity contribution in [3.63, 3.8) is 0 Å². The molecule has 0 saturated heterocycles. The van der Waals surface area contributed by atoms with Crippen molar-refractivity contribution in [1.29, 1.82) is 0 Å². The van der Waals surface area contributed by atoms with Gasteiger partial charge in [0.05, 0.1) is 31.0 Å². The Balaban J connectivity index is 1.39. The van der Waals surface area contributed by atoms with Crippen molar-refractivity contribution in [2.45, 2.75) is 19.4 Å². The van der Waals surface area contributed by atoms with Crippen molar-refractivity contribution >= 4 is 23.2 Å². The van der Waals surface area contributed by atoms with Crippen molar-refractivity contribution in [1.82, 2.24) is 9.55 Å². The number of rotatable bonds is 9. The standard InChI is InChI=1S/C24H24N2O3/c1-27-20-8-6-9-21(18-20)29-16-5-4-15-26-23-12-3-2-11-22(23)25-24(26)14-13-19-10-7-17-28-19/h2-3,6-14,17-18H,4-5,15-16H2,1H3/b14-13+. The number of hydrogen-bond acceptors (Lipinski definition) is 4. The summed E-state index contributed by atoms with van der Waals surface area (Å²) in [6, 6.07) is 19.7. The molecule has 0 bridgehead atoms. The lowest BCUT2D eigenvalue weighted by molar-refractivity contribution is 0.301. The first-order chi connectivity index (χ1) is 14.3. The van der Waals surface area contributed by atoms with E-state index in [0.29, 0.717) is 6.61 Å². The summed E-state index contributed by atoms with van der Waals surface area (Å²) < 4.78 is 18.7. The van der Waals surface area contributed by atoms with Crippen LogP contribution in [0.25, 0.3) is 23.2 Å². The van der Waals surface area contributed by atoms with Crippen LogP contribution in [-0.2, 0) is 6.54 Å². The number of aromatic nitrogens is 2. The Morgan fingerprint density at radius 2 is 1.86 bits per heavy atom. The van der Waals surface area contributed by atoms with Crippen LogP contribution in [-0.4, -0.2) is 23.3 Å². The lowest BCUT2D eigenvalue weighted by Crippen LogP contribution is -2.04. The van der Waals surface area contributed by atoms with Crippen LogP contribution in [0.5, 0.6) is 11.5 Å². The molecule has 0 aliphatic carbocycles. The number of imidazole rings is 1. The van der Waals surface area contributed by atoms with Gasteiger partial charge in [-0.05, 0) is 61.4 Å². The maximum absolute atomic E-state index is 5.85. The molecule has 29 heavy (non-hydrogen) atoms. The largest absolute Gasteiger partial charge is 0.497 e. The third-order valence-corrected chi connectivity index (χ3v) is 4.71. The van der Waals surface area contributed by atoms with E-state index in [2.05, 4.69) is 10.6 Å². The molecule has 0 fully saturated rings. The van der Waals surface area contributed by atoms with Crippen LogP contribution in [0.15, 0.2) is 71.3 Å². The van der Waals surface area contributed by atoms with Crippen molar-refractivity contribution in [3.05, 3.63) is 78.5 Å². The van der Waals surface area contributed by atoms with Crippen LogP contribution < -0.4 is 9.47 Å². The normalized spacial score (nSPS) is 11.3. The van der Waals surface area contributed by atoms with Crippen LogP contribution in [0.2, 0.25) is 0 Å². The van der Waals surface area contributed by atoms with E-state index in [0.717, 1.165) is 53.5 Å². The number of furan rings is 1. The highest BCUT2D eigenvalue weighted by atomic mass is 16.5. The van der Waals surface area contributed by atoms with Gasteiger partial charge in [-0.2, -0.15) is 0 Å². The quantitative estimate of drug-likeness (QED) is 0.347. The Kier molecular flexibility index (Phi) is 5.95. The zero-order valence-corrected chi connectivity index (χ0v) is 16.5. The van der Waals surface area contributed by atoms with E-state index in [1.54, 1.807) is 13.4 Å². The summed E-state index contributed by atoms with van der Waals surface area (Å²) in [5.41, 5.74) is 2.14. The molecule has 0 radical (unpaired) electrons.